The molecule has 118 valence electrons. The van der Waals surface area contributed by atoms with Gasteiger partial charge in [0.2, 0.25) is 0 Å². The van der Waals surface area contributed by atoms with Crippen molar-refractivity contribution in [2.45, 2.75) is 32.3 Å². The summed E-state index contributed by atoms with van der Waals surface area (Å²) in [5.41, 5.74) is 1.69. The number of ether oxygens (including phenoxy) is 1. The highest BCUT2D eigenvalue weighted by Crippen LogP contribution is 2.28. The molecule has 0 saturated carbocycles. The number of carbonyl (C=O) groups excluding carboxylic acids is 1. The van der Waals surface area contributed by atoms with Crippen molar-refractivity contribution >= 4 is 16.9 Å². The Labute approximate surface area is 129 Å². The van der Waals surface area contributed by atoms with E-state index in [0.717, 1.165) is 22.1 Å². The third-order valence-electron chi connectivity index (χ3n) is 4.37. The third kappa shape index (κ3) is 2.74. The highest BCUT2D eigenvalue weighted by atomic mass is 16.5. The summed E-state index contributed by atoms with van der Waals surface area (Å²) in [6.07, 6.45) is 1.07. The molecule has 1 amide bonds. The normalized spacial score (nSPS) is 17.6. The number of amides is 1. The summed E-state index contributed by atoms with van der Waals surface area (Å²) in [5, 5.41) is 14.1. The molecule has 2 N–H and O–H groups in total. The van der Waals surface area contributed by atoms with Gasteiger partial charge in [-0.05, 0) is 19.4 Å². The minimum absolute atomic E-state index is 0.213. The van der Waals surface area contributed by atoms with Gasteiger partial charge >= 0.3 is 0 Å². The van der Waals surface area contributed by atoms with Crippen LogP contribution in [0.25, 0.3) is 11.0 Å². The van der Waals surface area contributed by atoms with Crippen molar-refractivity contribution in [3.05, 3.63) is 35.1 Å². The average Bonchev–Trinajstić information content (AvgIpc) is 2.85. The van der Waals surface area contributed by atoms with Crippen molar-refractivity contribution in [1.29, 1.82) is 0 Å². The second-order valence-electron chi connectivity index (χ2n) is 6.03. The maximum Gasteiger partial charge on any atom is 0.287 e. The Balaban J connectivity index is 1.78. The smallest absolute Gasteiger partial charge is 0.287 e. The number of nitrogens with one attached hydrogen (secondary N) is 1. The SMILES string of the molecule is Cc1c(C(=O)NCC2(O)CCOCC2)oc2c(C)cccc12. The van der Waals surface area contributed by atoms with Crippen LogP contribution in [0.4, 0.5) is 0 Å². The molecule has 3 rings (SSSR count). The van der Waals surface area contributed by atoms with Crippen LogP contribution < -0.4 is 5.32 Å². The fourth-order valence-electron chi connectivity index (χ4n) is 2.85. The molecule has 0 radical (unpaired) electrons. The van der Waals surface area contributed by atoms with E-state index in [0.29, 0.717) is 31.8 Å². The van der Waals surface area contributed by atoms with Gasteiger partial charge < -0.3 is 19.6 Å². The second kappa shape index (κ2) is 5.74. The molecule has 2 aromatic rings. The van der Waals surface area contributed by atoms with E-state index in [1.54, 1.807) is 0 Å². The average molecular weight is 303 g/mol. The fraction of sp³-hybridized carbons (Fsp3) is 0.471. The predicted octanol–water partition coefficient (Wildman–Crippen LogP) is 2.32. The van der Waals surface area contributed by atoms with Crippen LogP contribution in [-0.2, 0) is 4.74 Å². The lowest BCUT2D eigenvalue weighted by atomic mass is 9.94. The minimum atomic E-state index is -0.885. The number of para-hydroxylation sites is 1. The Morgan fingerprint density at radius 2 is 2.05 bits per heavy atom. The quantitative estimate of drug-likeness (QED) is 0.913. The van der Waals surface area contributed by atoms with E-state index in [2.05, 4.69) is 5.32 Å². The predicted molar refractivity (Wildman–Crippen MR) is 83.0 cm³/mol. The first kappa shape index (κ1) is 15.1. The van der Waals surface area contributed by atoms with Crippen molar-refractivity contribution in [2.24, 2.45) is 0 Å². The Morgan fingerprint density at radius 1 is 1.32 bits per heavy atom. The summed E-state index contributed by atoms with van der Waals surface area (Å²) in [6, 6.07) is 5.86. The molecule has 1 aliphatic heterocycles. The lowest BCUT2D eigenvalue weighted by molar-refractivity contribution is -0.0605. The molecule has 1 aromatic heterocycles. The summed E-state index contributed by atoms with van der Waals surface area (Å²) < 4.78 is 11.0. The first-order valence-electron chi connectivity index (χ1n) is 7.57. The molecule has 5 heteroatoms. The monoisotopic (exact) mass is 303 g/mol. The maximum absolute atomic E-state index is 12.4. The highest BCUT2D eigenvalue weighted by molar-refractivity contribution is 5.99. The number of carbonyl (C=O) groups is 1. The number of aliphatic hydroxyl groups is 1. The molecule has 0 aliphatic carbocycles. The molecule has 5 nitrogen and oxygen atoms in total. The van der Waals surface area contributed by atoms with Gasteiger partial charge in [-0.1, -0.05) is 18.2 Å². The van der Waals surface area contributed by atoms with Crippen LogP contribution in [0.5, 0.6) is 0 Å². The number of hydrogen-bond donors (Lipinski definition) is 2. The first-order valence-corrected chi connectivity index (χ1v) is 7.57. The fourth-order valence-corrected chi connectivity index (χ4v) is 2.85. The summed E-state index contributed by atoms with van der Waals surface area (Å²) in [6.45, 7) is 5.09. The number of aryl methyl sites for hydroxylation is 2. The second-order valence-corrected chi connectivity index (χ2v) is 6.03. The van der Waals surface area contributed by atoms with E-state index in [1.165, 1.54) is 0 Å². The van der Waals surface area contributed by atoms with Gasteiger partial charge in [-0.2, -0.15) is 0 Å². The zero-order chi connectivity index (χ0) is 15.7. The molecule has 0 unspecified atom stereocenters. The summed E-state index contributed by atoms with van der Waals surface area (Å²) in [5.74, 6) is 0.0352. The molecule has 1 aliphatic rings. The topological polar surface area (TPSA) is 71.7 Å². The van der Waals surface area contributed by atoms with Gasteiger partial charge in [0.15, 0.2) is 5.76 Å². The molecule has 0 bridgehead atoms. The van der Waals surface area contributed by atoms with Crippen molar-refractivity contribution in [1.82, 2.24) is 5.32 Å². The van der Waals surface area contributed by atoms with E-state index in [-0.39, 0.29) is 12.5 Å². The molecule has 22 heavy (non-hydrogen) atoms. The van der Waals surface area contributed by atoms with Crippen molar-refractivity contribution in [2.75, 3.05) is 19.8 Å². The number of hydrogen-bond acceptors (Lipinski definition) is 4. The van der Waals surface area contributed by atoms with Gasteiger partial charge in [0, 0.05) is 43.5 Å². The molecule has 0 atom stereocenters. The van der Waals surface area contributed by atoms with Crippen molar-refractivity contribution in [3.63, 3.8) is 0 Å². The zero-order valence-corrected chi connectivity index (χ0v) is 12.9. The molecular weight excluding hydrogens is 282 g/mol. The van der Waals surface area contributed by atoms with Gasteiger partial charge in [-0.15, -0.1) is 0 Å². The molecule has 1 aromatic carbocycles. The number of rotatable bonds is 3. The standard InChI is InChI=1S/C17H21NO4/c1-11-4-3-5-13-12(2)15(22-14(11)13)16(19)18-10-17(20)6-8-21-9-7-17/h3-5,20H,6-10H2,1-2H3,(H,18,19). The number of benzene rings is 1. The lowest BCUT2D eigenvalue weighted by Crippen LogP contribution is -2.46. The van der Waals surface area contributed by atoms with Crippen LogP contribution in [0.15, 0.2) is 22.6 Å². The van der Waals surface area contributed by atoms with Crippen LogP contribution in [0.3, 0.4) is 0 Å². The van der Waals surface area contributed by atoms with Crippen LogP contribution in [0.1, 0.15) is 34.5 Å². The molecule has 2 heterocycles. The zero-order valence-electron chi connectivity index (χ0n) is 12.9. The van der Waals surface area contributed by atoms with Crippen molar-refractivity contribution in [3.8, 4) is 0 Å². The molecular formula is C17H21NO4. The molecule has 0 spiro atoms. The van der Waals surface area contributed by atoms with Gasteiger partial charge in [0.1, 0.15) is 5.58 Å². The Hall–Kier alpha value is -1.85. The van der Waals surface area contributed by atoms with Crippen LogP contribution in [0.2, 0.25) is 0 Å². The van der Waals surface area contributed by atoms with E-state index in [4.69, 9.17) is 9.15 Å². The van der Waals surface area contributed by atoms with E-state index >= 15 is 0 Å². The van der Waals surface area contributed by atoms with Gasteiger partial charge in [-0.25, -0.2) is 0 Å². The summed E-state index contributed by atoms with van der Waals surface area (Å²) in [4.78, 5) is 12.4. The Kier molecular flexibility index (Phi) is 3.93. The van der Waals surface area contributed by atoms with Gasteiger partial charge in [0.05, 0.1) is 5.60 Å². The van der Waals surface area contributed by atoms with Crippen LogP contribution >= 0.6 is 0 Å². The van der Waals surface area contributed by atoms with Crippen LogP contribution in [0, 0.1) is 13.8 Å². The van der Waals surface area contributed by atoms with Crippen LogP contribution in [-0.4, -0.2) is 36.4 Å². The van der Waals surface area contributed by atoms with E-state index in [1.807, 2.05) is 32.0 Å². The molecule has 1 saturated heterocycles. The van der Waals surface area contributed by atoms with Crippen molar-refractivity contribution < 1.29 is 19.1 Å². The number of furan rings is 1. The summed E-state index contributed by atoms with van der Waals surface area (Å²) in [7, 11) is 0. The Morgan fingerprint density at radius 3 is 2.73 bits per heavy atom. The largest absolute Gasteiger partial charge is 0.450 e. The van der Waals surface area contributed by atoms with Gasteiger partial charge in [0.25, 0.3) is 5.91 Å². The minimum Gasteiger partial charge on any atom is -0.450 e. The summed E-state index contributed by atoms with van der Waals surface area (Å²) >= 11 is 0. The van der Waals surface area contributed by atoms with Gasteiger partial charge in [-0.3, -0.25) is 4.79 Å². The third-order valence-corrected chi connectivity index (χ3v) is 4.37. The maximum atomic E-state index is 12.4. The Bertz CT molecular complexity index is 698. The van der Waals surface area contributed by atoms with E-state index in [9.17, 15) is 9.90 Å². The number of fused-ring (bicyclic) bond motifs is 1. The lowest BCUT2D eigenvalue weighted by Gasteiger charge is -2.31. The molecule has 1 fully saturated rings. The highest BCUT2D eigenvalue weighted by Gasteiger charge is 2.31. The first-order chi connectivity index (χ1) is 10.5. The van der Waals surface area contributed by atoms with E-state index < -0.39 is 5.60 Å².